The van der Waals surface area contributed by atoms with Crippen molar-refractivity contribution in [3.05, 3.63) is 48.3 Å². The predicted octanol–water partition coefficient (Wildman–Crippen LogP) is 2.05. The Labute approximate surface area is 155 Å². The minimum Gasteiger partial charge on any atom is -0.491 e. The lowest BCUT2D eigenvalue weighted by atomic mass is 10.2. The third-order valence-electron chi connectivity index (χ3n) is 3.66. The monoisotopic (exact) mass is 359 g/mol. The number of nitrogens with one attached hydrogen (secondary N) is 2. The van der Waals surface area contributed by atoms with E-state index in [-0.39, 0.29) is 0 Å². The molecule has 142 valence electrons. The fourth-order valence-electron chi connectivity index (χ4n) is 2.33. The van der Waals surface area contributed by atoms with Crippen molar-refractivity contribution in [1.82, 2.24) is 20.4 Å². The van der Waals surface area contributed by atoms with Crippen LogP contribution < -0.4 is 15.4 Å². The van der Waals surface area contributed by atoms with Crippen LogP contribution in [0.25, 0.3) is 0 Å². The van der Waals surface area contributed by atoms with Crippen LogP contribution in [0, 0.1) is 0 Å². The highest BCUT2D eigenvalue weighted by molar-refractivity contribution is 5.79. The van der Waals surface area contributed by atoms with Crippen molar-refractivity contribution < 1.29 is 9.47 Å². The van der Waals surface area contributed by atoms with Crippen LogP contribution in [0.5, 0.6) is 5.75 Å². The normalized spacial score (nSPS) is 11.4. The van der Waals surface area contributed by atoms with Crippen molar-refractivity contribution in [2.75, 3.05) is 33.4 Å². The summed E-state index contributed by atoms with van der Waals surface area (Å²) >= 11 is 0. The molecule has 0 atom stereocenters. The average Bonchev–Trinajstić information content (AvgIpc) is 3.18. The zero-order valence-electron chi connectivity index (χ0n) is 15.6. The Hall–Kier alpha value is -2.54. The van der Waals surface area contributed by atoms with Crippen LogP contribution in [0.4, 0.5) is 0 Å². The first-order valence-corrected chi connectivity index (χ1v) is 9.02. The molecule has 0 bridgehead atoms. The summed E-state index contributed by atoms with van der Waals surface area (Å²) in [6.45, 7) is 6.39. The van der Waals surface area contributed by atoms with Crippen molar-refractivity contribution in [3.8, 4) is 5.75 Å². The van der Waals surface area contributed by atoms with E-state index in [1.165, 1.54) is 0 Å². The lowest BCUT2D eigenvalue weighted by molar-refractivity contribution is 0.146. The number of benzene rings is 1. The number of nitrogens with zero attached hydrogens (tertiary/aromatic N) is 3. The molecule has 2 N–H and O–H groups in total. The van der Waals surface area contributed by atoms with Gasteiger partial charge in [-0.2, -0.15) is 5.10 Å². The van der Waals surface area contributed by atoms with Crippen LogP contribution in [0.3, 0.4) is 0 Å². The fourth-order valence-corrected chi connectivity index (χ4v) is 2.33. The van der Waals surface area contributed by atoms with Crippen LogP contribution in [-0.4, -0.2) is 49.2 Å². The van der Waals surface area contributed by atoms with Crippen molar-refractivity contribution in [2.24, 2.45) is 4.99 Å². The highest BCUT2D eigenvalue weighted by Gasteiger charge is 1.99. The molecule has 1 aromatic heterocycles. The molecule has 0 aliphatic rings. The van der Waals surface area contributed by atoms with E-state index in [1.54, 1.807) is 13.3 Å². The molecule has 1 heterocycles. The summed E-state index contributed by atoms with van der Waals surface area (Å²) in [5, 5.41) is 10.8. The van der Waals surface area contributed by atoms with Crippen molar-refractivity contribution in [3.63, 3.8) is 0 Å². The lowest BCUT2D eigenvalue weighted by Gasteiger charge is -2.11. The maximum absolute atomic E-state index is 5.57. The second-order valence-electron chi connectivity index (χ2n) is 5.73. The van der Waals surface area contributed by atoms with Crippen LogP contribution in [0.1, 0.15) is 18.9 Å². The van der Waals surface area contributed by atoms with E-state index in [1.807, 2.05) is 41.2 Å². The number of hydrogen-bond donors (Lipinski definition) is 2. The maximum Gasteiger partial charge on any atom is 0.191 e. The van der Waals surface area contributed by atoms with E-state index in [0.717, 1.165) is 43.3 Å². The minimum absolute atomic E-state index is 0.557. The number of rotatable bonds is 11. The Morgan fingerprint density at radius 2 is 2.04 bits per heavy atom. The highest BCUT2D eigenvalue weighted by Crippen LogP contribution is 2.12. The second kappa shape index (κ2) is 11.9. The standard InChI is InChI=1S/C19H29N5O2/c1-3-20-19(21-10-4-12-24-13-5-11-23-24)22-16-17-6-8-18(9-7-17)26-15-14-25-2/h5-9,11,13H,3-4,10,12,14-16H2,1-2H3,(H2,20,21,22). The van der Waals surface area contributed by atoms with E-state index >= 15 is 0 Å². The Kier molecular flexibility index (Phi) is 9.07. The molecule has 7 heteroatoms. The van der Waals surface area contributed by atoms with Crippen molar-refractivity contribution in [2.45, 2.75) is 26.4 Å². The molecular weight excluding hydrogens is 330 g/mol. The quantitative estimate of drug-likeness (QED) is 0.365. The predicted molar refractivity (Wildman–Crippen MR) is 103 cm³/mol. The molecule has 0 fully saturated rings. The first-order chi connectivity index (χ1) is 12.8. The average molecular weight is 359 g/mol. The van der Waals surface area contributed by atoms with Gasteiger partial charge in [-0.05, 0) is 37.1 Å². The van der Waals surface area contributed by atoms with Gasteiger partial charge in [0.15, 0.2) is 5.96 Å². The van der Waals surface area contributed by atoms with E-state index in [9.17, 15) is 0 Å². The Bertz CT molecular complexity index is 626. The Morgan fingerprint density at radius 3 is 2.73 bits per heavy atom. The van der Waals surface area contributed by atoms with E-state index in [2.05, 4.69) is 27.6 Å². The number of aromatic nitrogens is 2. The topological polar surface area (TPSA) is 72.7 Å². The molecule has 2 rings (SSSR count). The molecule has 0 saturated heterocycles. The van der Waals surface area contributed by atoms with E-state index in [4.69, 9.17) is 9.47 Å². The zero-order valence-corrected chi connectivity index (χ0v) is 15.6. The van der Waals surface area contributed by atoms with E-state index in [0.29, 0.717) is 19.8 Å². The third-order valence-corrected chi connectivity index (χ3v) is 3.66. The molecule has 0 spiro atoms. The van der Waals surface area contributed by atoms with Gasteiger partial charge in [-0.15, -0.1) is 0 Å². The fraction of sp³-hybridized carbons (Fsp3) is 0.474. The van der Waals surface area contributed by atoms with Gasteiger partial charge >= 0.3 is 0 Å². The summed E-state index contributed by atoms with van der Waals surface area (Å²) < 4.78 is 12.5. The molecular formula is C19H29N5O2. The summed E-state index contributed by atoms with van der Waals surface area (Å²) in [5.74, 6) is 1.67. The smallest absolute Gasteiger partial charge is 0.191 e. The molecule has 0 unspecified atom stereocenters. The summed E-state index contributed by atoms with van der Waals surface area (Å²) in [6.07, 6.45) is 4.76. The van der Waals surface area contributed by atoms with Crippen LogP contribution in [0.15, 0.2) is 47.7 Å². The Morgan fingerprint density at radius 1 is 1.19 bits per heavy atom. The van der Waals surface area contributed by atoms with E-state index < -0.39 is 0 Å². The highest BCUT2D eigenvalue weighted by atomic mass is 16.5. The largest absolute Gasteiger partial charge is 0.491 e. The summed E-state index contributed by atoms with van der Waals surface area (Å²) in [4.78, 5) is 4.63. The molecule has 2 aromatic rings. The van der Waals surface area contributed by atoms with Gasteiger partial charge in [0, 0.05) is 39.1 Å². The third kappa shape index (κ3) is 7.57. The molecule has 0 saturated carbocycles. The first kappa shape index (κ1) is 19.8. The molecule has 7 nitrogen and oxygen atoms in total. The molecule has 0 aliphatic carbocycles. The van der Waals surface area contributed by atoms with Crippen molar-refractivity contribution >= 4 is 5.96 Å². The van der Waals surface area contributed by atoms with Gasteiger partial charge in [0.2, 0.25) is 0 Å². The van der Waals surface area contributed by atoms with Gasteiger partial charge in [-0.25, -0.2) is 4.99 Å². The summed E-state index contributed by atoms with van der Waals surface area (Å²) in [6, 6.07) is 9.93. The summed E-state index contributed by atoms with van der Waals surface area (Å²) in [5.41, 5.74) is 1.14. The van der Waals surface area contributed by atoms with Gasteiger partial charge in [0.25, 0.3) is 0 Å². The number of guanidine groups is 1. The molecule has 0 aliphatic heterocycles. The lowest BCUT2D eigenvalue weighted by Crippen LogP contribution is -2.38. The molecule has 0 radical (unpaired) electrons. The first-order valence-electron chi connectivity index (χ1n) is 9.02. The van der Waals surface area contributed by atoms with Crippen LogP contribution in [-0.2, 0) is 17.8 Å². The number of hydrogen-bond acceptors (Lipinski definition) is 4. The number of methoxy groups -OCH3 is 1. The van der Waals surface area contributed by atoms with Gasteiger partial charge in [0.1, 0.15) is 12.4 Å². The van der Waals surface area contributed by atoms with Crippen molar-refractivity contribution in [1.29, 1.82) is 0 Å². The van der Waals surface area contributed by atoms with Crippen LogP contribution >= 0.6 is 0 Å². The number of aryl methyl sites for hydroxylation is 1. The zero-order chi connectivity index (χ0) is 18.5. The maximum atomic E-state index is 5.57. The van der Waals surface area contributed by atoms with Gasteiger partial charge < -0.3 is 20.1 Å². The number of ether oxygens (including phenoxy) is 2. The van der Waals surface area contributed by atoms with Crippen LogP contribution in [0.2, 0.25) is 0 Å². The summed E-state index contributed by atoms with van der Waals surface area (Å²) in [7, 11) is 1.66. The van der Waals surface area contributed by atoms with Gasteiger partial charge in [-0.1, -0.05) is 12.1 Å². The SMILES string of the molecule is CCNC(=NCc1ccc(OCCOC)cc1)NCCCn1cccn1. The van der Waals surface area contributed by atoms with Gasteiger partial charge in [-0.3, -0.25) is 4.68 Å². The second-order valence-corrected chi connectivity index (χ2v) is 5.73. The number of aliphatic imine (C=N–C) groups is 1. The minimum atomic E-state index is 0.557. The Balaban J connectivity index is 1.75. The van der Waals surface area contributed by atoms with Gasteiger partial charge in [0.05, 0.1) is 13.2 Å². The molecule has 1 aromatic carbocycles. The molecule has 0 amide bonds. The molecule has 26 heavy (non-hydrogen) atoms.